The molecule has 1 saturated carbocycles. The number of nitrogens with two attached hydrogens (primary N) is 1. The molecule has 0 spiro atoms. The first-order valence-electron chi connectivity index (χ1n) is 8.03. The highest BCUT2D eigenvalue weighted by Gasteiger charge is 2.55. The number of hydrogen-bond donors (Lipinski definition) is 2. The Kier molecular flexibility index (Phi) is 9.24. The van der Waals surface area contributed by atoms with Crippen molar-refractivity contribution in [2.24, 2.45) is 5.92 Å². The van der Waals surface area contributed by atoms with Crippen LogP contribution < -0.4 is 5.73 Å². The van der Waals surface area contributed by atoms with Crippen LogP contribution in [0.5, 0.6) is 0 Å². The Hall–Kier alpha value is -1.38. The zero-order chi connectivity index (χ0) is 19.0. The normalized spacial score (nSPS) is 15.5. The summed E-state index contributed by atoms with van der Waals surface area (Å²) in [6, 6.07) is 3.56. The summed E-state index contributed by atoms with van der Waals surface area (Å²) in [5.41, 5.74) is 1.49. The van der Waals surface area contributed by atoms with Gasteiger partial charge in [0.2, 0.25) is 5.60 Å². The molecular weight excluding hydrogens is 339 g/mol. The van der Waals surface area contributed by atoms with Gasteiger partial charge in [-0.15, -0.1) is 0 Å². The molecule has 0 bridgehead atoms. The minimum absolute atomic E-state index is 0.0556. The van der Waals surface area contributed by atoms with Gasteiger partial charge in [0.1, 0.15) is 0 Å². The van der Waals surface area contributed by atoms with Crippen LogP contribution in [0.1, 0.15) is 52.5 Å². The third-order valence-corrected chi connectivity index (χ3v) is 3.09. The predicted molar refractivity (Wildman–Crippen MR) is 93.6 cm³/mol. The van der Waals surface area contributed by atoms with Gasteiger partial charge in [0.15, 0.2) is 0 Å². The van der Waals surface area contributed by atoms with Crippen molar-refractivity contribution >= 4 is 17.3 Å². The predicted octanol–water partition coefficient (Wildman–Crippen LogP) is 5.53. The molecular formula is C18H25ClF3NO. The van der Waals surface area contributed by atoms with Gasteiger partial charge < -0.3 is 10.8 Å². The van der Waals surface area contributed by atoms with Crippen molar-refractivity contribution in [2.75, 3.05) is 5.73 Å². The molecule has 2 rings (SSSR count). The average Bonchev–Trinajstić information content (AvgIpc) is 3.33. The Morgan fingerprint density at radius 3 is 2.17 bits per heavy atom. The lowest BCUT2D eigenvalue weighted by atomic mass is 9.92. The lowest BCUT2D eigenvalue weighted by molar-refractivity contribution is -0.240. The van der Waals surface area contributed by atoms with Crippen LogP contribution >= 0.6 is 11.6 Å². The molecule has 1 atom stereocenters. The van der Waals surface area contributed by atoms with Crippen molar-refractivity contribution in [3.05, 3.63) is 28.8 Å². The molecule has 1 unspecified atom stereocenters. The molecule has 2 nitrogen and oxygen atoms in total. The molecule has 1 fully saturated rings. The number of rotatable bonds is 1. The highest BCUT2D eigenvalue weighted by atomic mass is 35.5. The topological polar surface area (TPSA) is 46.2 Å². The average molecular weight is 364 g/mol. The summed E-state index contributed by atoms with van der Waals surface area (Å²) >= 11 is 5.67. The fraction of sp³-hybridized carbons (Fsp3) is 0.556. The molecule has 0 amide bonds. The number of aliphatic hydroxyl groups is 1. The van der Waals surface area contributed by atoms with E-state index in [1.165, 1.54) is 18.6 Å². The highest BCUT2D eigenvalue weighted by Crippen LogP contribution is 2.42. The maximum Gasteiger partial charge on any atom is 0.433 e. The second kappa shape index (κ2) is 9.80. The molecule has 1 aliphatic rings. The van der Waals surface area contributed by atoms with Crippen molar-refractivity contribution in [3.63, 3.8) is 0 Å². The number of anilines is 1. The summed E-state index contributed by atoms with van der Waals surface area (Å²) in [4.78, 5) is 0. The van der Waals surface area contributed by atoms with E-state index < -0.39 is 17.3 Å². The van der Waals surface area contributed by atoms with Crippen molar-refractivity contribution in [1.29, 1.82) is 0 Å². The lowest BCUT2D eigenvalue weighted by Gasteiger charge is -2.27. The maximum absolute atomic E-state index is 13.1. The maximum atomic E-state index is 13.1. The number of halogens is 4. The van der Waals surface area contributed by atoms with Crippen molar-refractivity contribution in [1.82, 2.24) is 0 Å². The smallest absolute Gasteiger partial charge is 0.398 e. The first-order valence-corrected chi connectivity index (χ1v) is 8.40. The van der Waals surface area contributed by atoms with Crippen molar-refractivity contribution < 1.29 is 18.3 Å². The van der Waals surface area contributed by atoms with Gasteiger partial charge in [0.05, 0.1) is 0 Å². The molecule has 24 heavy (non-hydrogen) atoms. The van der Waals surface area contributed by atoms with E-state index in [-0.39, 0.29) is 16.6 Å². The zero-order valence-corrected chi connectivity index (χ0v) is 15.2. The Bertz CT molecular complexity index is 574. The number of hydrogen-bond acceptors (Lipinski definition) is 2. The molecule has 1 aromatic carbocycles. The van der Waals surface area contributed by atoms with Crippen LogP contribution in [0.25, 0.3) is 0 Å². The first-order chi connectivity index (χ1) is 11.2. The molecule has 1 aromatic rings. The van der Waals surface area contributed by atoms with E-state index in [0.29, 0.717) is 0 Å². The fourth-order valence-corrected chi connectivity index (χ4v) is 1.74. The van der Waals surface area contributed by atoms with Gasteiger partial charge in [-0.2, -0.15) is 13.2 Å². The quantitative estimate of drug-likeness (QED) is 0.509. The monoisotopic (exact) mass is 363 g/mol. The standard InChI is InChI=1S/C13H11ClF3NO.C3H8.C2H6/c14-9-3-4-11(18)10(7-9)12(19,13(15,16)17)6-5-8-1-2-8;1-3-2;1-2/h3-4,7-8,19H,1-2,18H2;3H2,1-2H3;1-2H3. The van der Waals surface area contributed by atoms with Crippen LogP contribution in [-0.4, -0.2) is 11.3 Å². The fourth-order valence-electron chi connectivity index (χ4n) is 1.57. The van der Waals surface area contributed by atoms with E-state index in [1.54, 1.807) is 0 Å². The molecule has 6 heteroatoms. The minimum Gasteiger partial charge on any atom is -0.398 e. The van der Waals surface area contributed by atoms with Gasteiger partial charge in [0.25, 0.3) is 0 Å². The molecule has 136 valence electrons. The summed E-state index contributed by atoms with van der Waals surface area (Å²) in [5, 5.41) is 10.0. The van der Waals surface area contributed by atoms with Gasteiger partial charge in [-0.05, 0) is 31.0 Å². The second-order valence-electron chi connectivity index (χ2n) is 5.19. The zero-order valence-electron chi connectivity index (χ0n) is 14.5. The SMILES string of the molecule is CC.CCC.Nc1ccc(Cl)cc1C(O)(C#CC1CC1)C(F)(F)F. The van der Waals surface area contributed by atoms with Gasteiger partial charge in [-0.25, -0.2) is 0 Å². The third-order valence-electron chi connectivity index (χ3n) is 2.85. The summed E-state index contributed by atoms with van der Waals surface area (Å²) in [6.45, 7) is 8.25. The third kappa shape index (κ3) is 6.26. The van der Waals surface area contributed by atoms with E-state index in [9.17, 15) is 18.3 Å². The van der Waals surface area contributed by atoms with Crippen LogP contribution in [0.4, 0.5) is 18.9 Å². The van der Waals surface area contributed by atoms with Crippen LogP contribution in [0.3, 0.4) is 0 Å². The molecule has 0 aromatic heterocycles. The molecule has 0 radical (unpaired) electrons. The van der Waals surface area contributed by atoms with Gasteiger partial charge >= 0.3 is 6.18 Å². The van der Waals surface area contributed by atoms with Gasteiger partial charge in [-0.1, -0.05) is 57.6 Å². The molecule has 0 heterocycles. The minimum atomic E-state index is -4.95. The van der Waals surface area contributed by atoms with Gasteiger partial charge in [-0.3, -0.25) is 0 Å². The van der Waals surface area contributed by atoms with Gasteiger partial charge in [0, 0.05) is 22.2 Å². The van der Waals surface area contributed by atoms with E-state index in [0.717, 1.165) is 18.9 Å². The van der Waals surface area contributed by atoms with Crippen LogP contribution in [0, 0.1) is 17.8 Å². The second-order valence-corrected chi connectivity index (χ2v) is 5.63. The largest absolute Gasteiger partial charge is 0.433 e. The van der Waals surface area contributed by atoms with Crippen molar-refractivity contribution in [2.45, 2.75) is 58.7 Å². The number of benzene rings is 1. The Morgan fingerprint density at radius 2 is 1.75 bits per heavy atom. The number of nitrogen functional groups attached to an aromatic ring is 1. The molecule has 0 saturated heterocycles. The lowest BCUT2D eigenvalue weighted by Crippen LogP contribution is -2.41. The molecule has 0 aliphatic heterocycles. The summed E-state index contributed by atoms with van der Waals surface area (Å²) in [7, 11) is 0. The Labute approximate surface area is 147 Å². The van der Waals surface area contributed by atoms with E-state index in [1.807, 2.05) is 19.8 Å². The first kappa shape index (κ1) is 22.6. The summed E-state index contributed by atoms with van der Waals surface area (Å²) in [5.74, 6) is 4.28. The van der Waals surface area contributed by atoms with E-state index >= 15 is 0 Å². The Balaban J connectivity index is 0.000000952. The van der Waals surface area contributed by atoms with Crippen LogP contribution in [0.15, 0.2) is 18.2 Å². The number of alkyl halides is 3. The molecule has 3 N–H and O–H groups in total. The van der Waals surface area contributed by atoms with E-state index in [2.05, 4.69) is 19.8 Å². The van der Waals surface area contributed by atoms with Crippen LogP contribution in [-0.2, 0) is 5.60 Å². The highest BCUT2D eigenvalue weighted by molar-refractivity contribution is 6.30. The van der Waals surface area contributed by atoms with Crippen LogP contribution in [0.2, 0.25) is 5.02 Å². The molecule has 1 aliphatic carbocycles. The van der Waals surface area contributed by atoms with E-state index in [4.69, 9.17) is 17.3 Å². The summed E-state index contributed by atoms with van der Waals surface area (Å²) < 4.78 is 39.4. The Morgan fingerprint density at radius 1 is 1.25 bits per heavy atom. The van der Waals surface area contributed by atoms with Crippen molar-refractivity contribution in [3.8, 4) is 11.8 Å². The summed E-state index contributed by atoms with van der Waals surface area (Å²) in [6.07, 6.45) is -2.19.